The highest BCUT2D eigenvalue weighted by Crippen LogP contribution is 2.30. The van der Waals surface area contributed by atoms with Gasteiger partial charge in [-0.3, -0.25) is 4.98 Å². The lowest BCUT2D eigenvalue weighted by molar-refractivity contribution is 0.220. The minimum Gasteiger partial charge on any atom is -0.491 e. The summed E-state index contributed by atoms with van der Waals surface area (Å²) in [7, 11) is 0. The first kappa shape index (κ1) is 12.7. The minimum absolute atomic E-state index is 0.586. The van der Waals surface area contributed by atoms with Gasteiger partial charge in [0, 0.05) is 24.0 Å². The number of aromatic nitrogens is 1. The minimum atomic E-state index is 0.586. The molecule has 2 heterocycles. The molecule has 100 valence electrons. The van der Waals surface area contributed by atoms with Crippen molar-refractivity contribution in [2.24, 2.45) is 5.92 Å². The molecule has 0 bridgehead atoms. The molecule has 3 nitrogen and oxygen atoms in total. The standard InChI is InChI=1S/C15H17ClN2O/c16-13-5-6-14(15-12(13)4-2-8-18-15)19-10-11-3-1-7-17-9-11/h2,4-6,8,11,17H,1,3,7,9-10H2/t11-/m0/s1. The van der Waals surface area contributed by atoms with Crippen molar-refractivity contribution >= 4 is 22.5 Å². The van der Waals surface area contributed by atoms with E-state index < -0.39 is 0 Å². The van der Waals surface area contributed by atoms with E-state index in [1.54, 1.807) is 6.20 Å². The van der Waals surface area contributed by atoms with Crippen LogP contribution < -0.4 is 10.1 Å². The number of piperidine rings is 1. The van der Waals surface area contributed by atoms with Crippen LogP contribution in [-0.2, 0) is 0 Å². The molecule has 0 amide bonds. The fraction of sp³-hybridized carbons (Fsp3) is 0.400. The van der Waals surface area contributed by atoms with Crippen LogP contribution in [0.3, 0.4) is 0 Å². The second kappa shape index (κ2) is 5.76. The van der Waals surface area contributed by atoms with Gasteiger partial charge >= 0.3 is 0 Å². The van der Waals surface area contributed by atoms with Gasteiger partial charge < -0.3 is 10.1 Å². The van der Waals surface area contributed by atoms with Gasteiger partial charge in [-0.25, -0.2) is 0 Å². The maximum absolute atomic E-state index is 6.17. The highest BCUT2D eigenvalue weighted by atomic mass is 35.5. The Bertz CT molecular complexity index is 567. The van der Waals surface area contributed by atoms with Crippen LogP contribution >= 0.6 is 11.6 Å². The SMILES string of the molecule is Clc1ccc(OC[C@H]2CCCNC2)c2ncccc12. The molecule has 19 heavy (non-hydrogen) atoms. The fourth-order valence-electron chi connectivity index (χ4n) is 2.50. The molecule has 1 aliphatic heterocycles. The molecule has 3 rings (SSSR count). The molecule has 1 atom stereocenters. The summed E-state index contributed by atoms with van der Waals surface area (Å²) in [6, 6.07) is 7.65. The van der Waals surface area contributed by atoms with E-state index in [2.05, 4.69) is 10.3 Å². The Balaban J connectivity index is 1.79. The Morgan fingerprint density at radius 3 is 3.16 bits per heavy atom. The van der Waals surface area contributed by atoms with Gasteiger partial charge in [0.1, 0.15) is 11.3 Å². The Morgan fingerprint density at radius 1 is 1.37 bits per heavy atom. The number of hydrogen-bond donors (Lipinski definition) is 1. The summed E-state index contributed by atoms with van der Waals surface area (Å²) >= 11 is 6.17. The molecule has 1 fully saturated rings. The van der Waals surface area contributed by atoms with Crippen molar-refractivity contribution in [3.05, 3.63) is 35.5 Å². The smallest absolute Gasteiger partial charge is 0.145 e. The first-order valence-electron chi connectivity index (χ1n) is 6.71. The molecule has 1 aromatic heterocycles. The third-order valence-electron chi connectivity index (χ3n) is 3.55. The van der Waals surface area contributed by atoms with Crippen molar-refractivity contribution in [3.8, 4) is 5.75 Å². The van der Waals surface area contributed by atoms with E-state index in [9.17, 15) is 0 Å². The largest absolute Gasteiger partial charge is 0.491 e. The van der Waals surface area contributed by atoms with Crippen molar-refractivity contribution in [2.45, 2.75) is 12.8 Å². The molecule has 1 aliphatic rings. The summed E-state index contributed by atoms with van der Waals surface area (Å²) in [5.41, 5.74) is 0.846. The van der Waals surface area contributed by atoms with E-state index >= 15 is 0 Å². The molecule has 0 unspecified atom stereocenters. The van der Waals surface area contributed by atoms with Gasteiger partial charge in [0.15, 0.2) is 0 Å². The molecular formula is C15H17ClN2O. The molecular weight excluding hydrogens is 260 g/mol. The predicted octanol–water partition coefficient (Wildman–Crippen LogP) is 3.27. The molecule has 0 aliphatic carbocycles. The number of rotatable bonds is 3. The van der Waals surface area contributed by atoms with Crippen LogP contribution in [-0.4, -0.2) is 24.7 Å². The van der Waals surface area contributed by atoms with Gasteiger partial charge in [-0.2, -0.15) is 0 Å². The highest BCUT2D eigenvalue weighted by molar-refractivity contribution is 6.35. The van der Waals surface area contributed by atoms with Crippen LogP contribution in [0.15, 0.2) is 30.5 Å². The first-order valence-corrected chi connectivity index (χ1v) is 7.09. The predicted molar refractivity (Wildman–Crippen MR) is 77.8 cm³/mol. The molecule has 0 saturated carbocycles. The quantitative estimate of drug-likeness (QED) is 0.934. The van der Waals surface area contributed by atoms with E-state index in [0.717, 1.165) is 41.4 Å². The topological polar surface area (TPSA) is 34.1 Å². The maximum atomic E-state index is 6.17. The molecule has 0 spiro atoms. The summed E-state index contributed by atoms with van der Waals surface area (Å²) in [6.07, 6.45) is 4.23. The highest BCUT2D eigenvalue weighted by Gasteiger charge is 2.14. The van der Waals surface area contributed by atoms with Gasteiger partial charge in [0.2, 0.25) is 0 Å². The van der Waals surface area contributed by atoms with Crippen LogP contribution in [0.5, 0.6) is 5.75 Å². The third-order valence-corrected chi connectivity index (χ3v) is 3.88. The van der Waals surface area contributed by atoms with Gasteiger partial charge in [-0.05, 0) is 43.7 Å². The summed E-state index contributed by atoms with van der Waals surface area (Å²) in [5, 5.41) is 5.07. The molecule has 4 heteroatoms. The van der Waals surface area contributed by atoms with Crippen molar-refractivity contribution in [1.82, 2.24) is 10.3 Å². The fourth-order valence-corrected chi connectivity index (χ4v) is 2.72. The number of nitrogens with zero attached hydrogens (tertiary/aromatic N) is 1. The number of benzene rings is 1. The van der Waals surface area contributed by atoms with E-state index in [4.69, 9.17) is 16.3 Å². The summed E-state index contributed by atoms with van der Waals surface area (Å²) in [4.78, 5) is 4.38. The Morgan fingerprint density at radius 2 is 2.32 bits per heavy atom. The molecule has 0 radical (unpaired) electrons. The normalized spacial score (nSPS) is 19.5. The van der Waals surface area contributed by atoms with Crippen molar-refractivity contribution in [3.63, 3.8) is 0 Å². The number of hydrogen-bond acceptors (Lipinski definition) is 3. The number of ether oxygens (including phenoxy) is 1. The second-order valence-corrected chi connectivity index (χ2v) is 5.38. The summed E-state index contributed by atoms with van der Waals surface area (Å²) in [5.74, 6) is 1.41. The maximum Gasteiger partial charge on any atom is 0.145 e. The zero-order valence-electron chi connectivity index (χ0n) is 10.7. The van der Waals surface area contributed by atoms with Crippen LogP contribution in [0, 0.1) is 5.92 Å². The molecule has 1 aromatic carbocycles. The van der Waals surface area contributed by atoms with Crippen LogP contribution in [0.2, 0.25) is 5.02 Å². The van der Waals surface area contributed by atoms with E-state index in [0.29, 0.717) is 5.92 Å². The number of fused-ring (bicyclic) bond motifs is 1. The third kappa shape index (κ3) is 2.82. The zero-order valence-corrected chi connectivity index (χ0v) is 11.5. The number of halogens is 1. The lowest BCUT2D eigenvalue weighted by Gasteiger charge is -2.23. The van der Waals surface area contributed by atoms with Gasteiger partial charge in [-0.1, -0.05) is 11.6 Å². The molecule has 2 aromatic rings. The van der Waals surface area contributed by atoms with Crippen LogP contribution in [0.4, 0.5) is 0 Å². The Labute approximate surface area is 117 Å². The monoisotopic (exact) mass is 276 g/mol. The van der Waals surface area contributed by atoms with E-state index in [1.807, 2.05) is 24.3 Å². The zero-order chi connectivity index (χ0) is 13.1. The lowest BCUT2D eigenvalue weighted by Crippen LogP contribution is -2.33. The Hall–Kier alpha value is -1.32. The average molecular weight is 277 g/mol. The lowest BCUT2D eigenvalue weighted by atomic mass is 10.0. The van der Waals surface area contributed by atoms with Gasteiger partial charge in [-0.15, -0.1) is 0 Å². The van der Waals surface area contributed by atoms with Crippen LogP contribution in [0.1, 0.15) is 12.8 Å². The van der Waals surface area contributed by atoms with Crippen LogP contribution in [0.25, 0.3) is 10.9 Å². The average Bonchev–Trinajstić information content (AvgIpc) is 2.48. The van der Waals surface area contributed by atoms with Crippen molar-refractivity contribution in [2.75, 3.05) is 19.7 Å². The Kier molecular flexibility index (Phi) is 3.85. The summed E-state index contributed by atoms with van der Waals surface area (Å²) < 4.78 is 5.95. The molecule has 1 N–H and O–H groups in total. The number of pyridine rings is 1. The summed E-state index contributed by atoms with van der Waals surface area (Å²) in [6.45, 7) is 2.90. The molecule has 1 saturated heterocycles. The van der Waals surface area contributed by atoms with Crippen molar-refractivity contribution < 1.29 is 4.74 Å². The van der Waals surface area contributed by atoms with Gasteiger partial charge in [0.25, 0.3) is 0 Å². The van der Waals surface area contributed by atoms with Crippen molar-refractivity contribution in [1.29, 1.82) is 0 Å². The number of nitrogens with one attached hydrogen (secondary N) is 1. The van der Waals surface area contributed by atoms with Gasteiger partial charge in [0.05, 0.1) is 11.6 Å². The van der Waals surface area contributed by atoms with E-state index in [1.165, 1.54) is 12.8 Å². The van der Waals surface area contributed by atoms with E-state index in [-0.39, 0.29) is 0 Å². The first-order chi connectivity index (χ1) is 9.34. The second-order valence-electron chi connectivity index (χ2n) is 4.97.